The zero-order chi connectivity index (χ0) is 16.7. The van der Waals surface area contributed by atoms with Crippen molar-refractivity contribution < 1.29 is 34.1 Å². The van der Waals surface area contributed by atoms with E-state index in [0.717, 1.165) is 0 Å². The third kappa shape index (κ3) is 5.01. The van der Waals surface area contributed by atoms with Crippen molar-refractivity contribution in [1.82, 2.24) is 0 Å². The third-order valence-electron chi connectivity index (χ3n) is 3.01. The van der Waals surface area contributed by atoms with Crippen LogP contribution in [0.25, 0.3) is 0 Å². The maximum atomic E-state index is 11.9. The summed E-state index contributed by atoms with van der Waals surface area (Å²) in [5.41, 5.74) is 0.195. The second kappa shape index (κ2) is 7.92. The quantitative estimate of drug-likeness (QED) is 0.449. The normalized spacial score (nSPS) is 10.0. The van der Waals surface area contributed by atoms with E-state index >= 15 is 0 Å². The first-order valence-corrected chi connectivity index (χ1v) is 6.62. The Labute approximate surface area is 126 Å². The van der Waals surface area contributed by atoms with Crippen molar-refractivity contribution in [3.63, 3.8) is 0 Å². The van der Waals surface area contributed by atoms with Crippen LogP contribution < -0.4 is 0 Å². The van der Waals surface area contributed by atoms with Crippen molar-refractivity contribution >= 4 is 23.9 Å². The molecule has 2 N–H and O–H groups in total. The van der Waals surface area contributed by atoms with Crippen LogP contribution >= 0.6 is 0 Å². The number of hydrogen-bond donors (Lipinski definition) is 2. The topological polar surface area (TPSA) is 118 Å². The summed E-state index contributed by atoms with van der Waals surface area (Å²) in [5, 5.41) is 17.4. The van der Waals surface area contributed by atoms with Gasteiger partial charge in [0.25, 0.3) is 0 Å². The van der Waals surface area contributed by atoms with Crippen molar-refractivity contribution in [1.29, 1.82) is 0 Å². The summed E-state index contributed by atoms with van der Waals surface area (Å²) in [6, 6.07) is 4.12. The van der Waals surface area contributed by atoms with E-state index in [1.807, 2.05) is 0 Å². The van der Waals surface area contributed by atoms with Crippen molar-refractivity contribution in [2.24, 2.45) is 0 Å². The number of aliphatic carboxylic acids is 1. The van der Waals surface area contributed by atoms with Crippen LogP contribution in [0.4, 0.5) is 0 Å². The summed E-state index contributed by atoms with van der Waals surface area (Å²) < 4.78 is 4.64. The predicted octanol–water partition coefficient (Wildman–Crippen LogP) is 2.02. The van der Waals surface area contributed by atoms with Gasteiger partial charge in [-0.2, -0.15) is 0 Å². The number of benzene rings is 1. The van der Waals surface area contributed by atoms with Gasteiger partial charge in [-0.1, -0.05) is 6.07 Å². The Bertz CT molecular complexity index is 604. The molecule has 7 nitrogen and oxygen atoms in total. The molecule has 0 fully saturated rings. The summed E-state index contributed by atoms with van der Waals surface area (Å²) in [4.78, 5) is 44.7. The van der Waals surface area contributed by atoms with Gasteiger partial charge in [0.15, 0.2) is 0 Å². The lowest BCUT2D eigenvalue weighted by molar-refractivity contribution is -0.139. The minimum Gasteiger partial charge on any atom is -0.481 e. The molecule has 22 heavy (non-hydrogen) atoms. The number of carboxylic acid groups (broad SMARTS) is 2. The highest BCUT2D eigenvalue weighted by atomic mass is 16.6. The molecule has 0 unspecified atom stereocenters. The average molecular weight is 308 g/mol. The summed E-state index contributed by atoms with van der Waals surface area (Å²) >= 11 is 0. The third-order valence-corrected chi connectivity index (χ3v) is 3.01. The number of hydrogen-bond acceptors (Lipinski definition) is 5. The minimum absolute atomic E-state index is 0.0128. The number of esters is 2. The molecule has 1 aromatic carbocycles. The van der Waals surface area contributed by atoms with Crippen LogP contribution in [0.3, 0.4) is 0 Å². The second-order valence-electron chi connectivity index (χ2n) is 4.65. The molecule has 118 valence electrons. The Balaban J connectivity index is 2.62. The largest absolute Gasteiger partial charge is 0.481 e. The van der Waals surface area contributed by atoms with E-state index in [1.165, 1.54) is 25.1 Å². The number of ether oxygens (including phenoxy) is 1. The smallest absolute Gasteiger partial charge is 0.346 e. The average Bonchev–Trinajstić information content (AvgIpc) is 2.43. The van der Waals surface area contributed by atoms with Crippen molar-refractivity contribution in [3.8, 4) is 0 Å². The van der Waals surface area contributed by atoms with Crippen molar-refractivity contribution in [2.75, 3.05) is 0 Å². The van der Waals surface area contributed by atoms with Crippen LogP contribution in [0.5, 0.6) is 0 Å². The zero-order valence-corrected chi connectivity index (χ0v) is 12.0. The summed E-state index contributed by atoms with van der Waals surface area (Å²) in [7, 11) is 0. The molecule has 0 bridgehead atoms. The van der Waals surface area contributed by atoms with Crippen LogP contribution in [0, 0.1) is 6.92 Å². The molecule has 0 aliphatic heterocycles. The molecule has 0 aliphatic carbocycles. The van der Waals surface area contributed by atoms with Gasteiger partial charge in [-0.05, 0) is 37.5 Å². The molecule has 0 aliphatic rings. The molecule has 0 saturated carbocycles. The maximum absolute atomic E-state index is 11.9. The lowest BCUT2D eigenvalue weighted by Crippen LogP contribution is -2.15. The van der Waals surface area contributed by atoms with Gasteiger partial charge in [0, 0.05) is 12.8 Å². The van der Waals surface area contributed by atoms with Gasteiger partial charge in [0.2, 0.25) is 0 Å². The molecule has 0 amide bonds. The number of carbonyl (C=O) groups is 4. The molecule has 1 aromatic rings. The number of carbonyl (C=O) groups excluding carboxylic acids is 2. The molecule has 0 atom stereocenters. The molecular weight excluding hydrogens is 292 g/mol. The van der Waals surface area contributed by atoms with Gasteiger partial charge >= 0.3 is 23.9 Å². The van der Waals surface area contributed by atoms with Crippen molar-refractivity contribution in [2.45, 2.75) is 32.6 Å². The van der Waals surface area contributed by atoms with Crippen LogP contribution in [0.1, 0.15) is 52.0 Å². The fraction of sp³-hybridized carbons (Fsp3) is 0.333. The molecule has 0 aromatic heterocycles. The van der Waals surface area contributed by atoms with E-state index in [0.29, 0.717) is 12.8 Å². The fourth-order valence-corrected chi connectivity index (χ4v) is 1.84. The Kier molecular flexibility index (Phi) is 6.25. The minimum atomic E-state index is -1.17. The fourth-order valence-electron chi connectivity index (χ4n) is 1.84. The predicted molar refractivity (Wildman–Crippen MR) is 74.7 cm³/mol. The van der Waals surface area contributed by atoms with E-state index in [2.05, 4.69) is 4.74 Å². The van der Waals surface area contributed by atoms with Crippen LogP contribution in [-0.4, -0.2) is 34.1 Å². The molecule has 7 heteroatoms. The highest BCUT2D eigenvalue weighted by Crippen LogP contribution is 2.15. The summed E-state index contributed by atoms with van der Waals surface area (Å²) in [6.07, 6.45) is 0.483. The lowest BCUT2D eigenvalue weighted by Gasteiger charge is -2.07. The van der Waals surface area contributed by atoms with Crippen molar-refractivity contribution in [3.05, 3.63) is 34.9 Å². The molecule has 0 spiro atoms. The highest BCUT2D eigenvalue weighted by Gasteiger charge is 2.18. The second-order valence-corrected chi connectivity index (χ2v) is 4.65. The number of carboxylic acids is 2. The van der Waals surface area contributed by atoms with E-state index < -0.39 is 23.9 Å². The van der Waals surface area contributed by atoms with E-state index in [4.69, 9.17) is 10.2 Å². The Hall–Kier alpha value is -2.70. The van der Waals surface area contributed by atoms with E-state index in [-0.39, 0.29) is 29.5 Å². The zero-order valence-electron chi connectivity index (χ0n) is 12.0. The summed E-state index contributed by atoms with van der Waals surface area (Å²) in [5.74, 6) is -3.81. The molecule has 0 saturated heterocycles. The standard InChI is InChI=1S/C15H16O7/c1-9-10(14(19)20)5-4-6-11(9)15(21)22-13(18)8-3-2-7-12(16)17/h4-6H,2-3,7-8H2,1H3,(H,16,17)(H,19,20). The van der Waals surface area contributed by atoms with Crippen LogP contribution in [-0.2, 0) is 14.3 Å². The van der Waals surface area contributed by atoms with E-state index in [1.54, 1.807) is 0 Å². The SMILES string of the molecule is Cc1c(C(=O)O)cccc1C(=O)OC(=O)CCCCC(=O)O. The first kappa shape index (κ1) is 17.4. The first-order valence-electron chi connectivity index (χ1n) is 6.62. The van der Waals surface area contributed by atoms with Gasteiger partial charge in [-0.3, -0.25) is 9.59 Å². The van der Waals surface area contributed by atoms with Gasteiger partial charge in [-0.25, -0.2) is 9.59 Å². The molecule has 1 rings (SSSR count). The maximum Gasteiger partial charge on any atom is 0.346 e. The van der Waals surface area contributed by atoms with Gasteiger partial charge in [0.1, 0.15) is 0 Å². The van der Waals surface area contributed by atoms with Gasteiger partial charge < -0.3 is 14.9 Å². The molecular formula is C15H16O7. The molecule has 0 heterocycles. The number of unbranched alkanes of at least 4 members (excludes halogenated alkanes) is 1. The molecule has 0 radical (unpaired) electrons. The van der Waals surface area contributed by atoms with Gasteiger partial charge in [-0.15, -0.1) is 0 Å². The monoisotopic (exact) mass is 308 g/mol. The first-order chi connectivity index (χ1) is 10.3. The summed E-state index contributed by atoms with van der Waals surface area (Å²) in [6.45, 7) is 1.46. The van der Waals surface area contributed by atoms with Gasteiger partial charge in [0.05, 0.1) is 11.1 Å². The van der Waals surface area contributed by atoms with E-state index in [9.17, 15) is 19.2 Å². The Morgan fingerprint density at radius 2 is 1.59 bits per heavy atom. The Morgan fingerprint density at radius 3 is 2.18 bits per heavy atom. The van der Waals surface area contributed by atoms with Crippen LogP contribution in [0.2, 0.25) is 0 Å². The number of aromatic carboxylic acids is 1. The lowest BCUT2D eigenvalue weighted by atomic mass is 10.0. The highest BCUT2D eigenvalue weighted by molar-refractivity contribution is 6.00. The Morgan fingerprint density at radius 1 is 1.00 bits per heavy atom. The number of rotatable bonds is 7. The van der Waals surface area contributed by atoms with Crippen LogP contribution in [0.15, 0.2) is 18.2 Å².